The van der Waals surface area contributed by atoms with Crippen LogP contribution >= 0.6 is 0 Å². The summed E-state index contributed by atoms with van der Waals surface area (Å²) in [5.41, 5.74) is 0.760. The molecule has 0 bridgehead atoms. The molecule has 1 fully saturated rings. The van der Waals surface area contributed by atoms with Gasteiger partial charge in [0.15, 0.2) is 9.84 Å². The zero-order valence-electron chi connectivity index (χ0n) is 10.7. The van der Waals surface area contributed by atoms with E-state index in [1.54, 1.807) is 10.6 Å². The number of hydrogen-bond donors (Lipinski definition) is 1. The number of imidazole rings is 1. The van der Waals surface area contributed by atoms with Crippen molar-refractivity contribution in [2.45, 2.75) is 24.5 Å². The van der Waals surface area contributed by atoms with Gasteiger partial charge in [0.1, 0.15) is 11.1 Å². The summed E-state index contributed by atoms with van der Waals surface area (Å²) in [6.45, 7) is 0. The molecular weight excluding hydrogens is 280 g/mol. The summed E-state index contributed by atoms with van der Waals surface area (Å²) < 4.78 is 26.0. The van der Waals surface area contributed by atoms with Crippen molar-refractivity contribution in [3.05, 3.63) is 35.9 Å². The predicted octanol–water partition coefficient (Wildman–Crippen LogP) is 1.67. The molecule has 2 aromatic heterocycles. The lowest BCUT2D eigenvalue weighted by atomic mass is 10.2. The van der Waals surface area contributed by atoms with Gasteiger partial charge in [-0.3, -0.25) is 0 Å². The molecule has 20 heavy (non-hydrogen) atoms. The number of rotatable bonds is 2. The van der Waals surface area contributed by atoms with E-state index in [9.17, 15) is 13.2 Å². The van der Waals surface area contributed by atoms with E-state index in [-0.39, 0.29) is 11.3 Å². The fourth-order valence-corrected chi connectivity index (χ4v) is 4.55. The molecule has 0 aliphatic carbocycles. The van der Waals surface area contributed by atoms with Gasteiger partial charge in [-0.15, -0.1) is 0 Å². The number of carbonyl (C=O) groups is 1. The average molecular weight is 294 g/mol. The van der Waals surface area contributed by atoms with Crippen LogP contribution in [0.5, 0.6) is 0 Å². The minimum atomic E-state index is -3.16. The molecule has 3 heterocycles. The van der Waals surface area contributed by atoms with Crippen molar-refractivity contribution >= 4 is 21.3 Å². The lowest BCUT2D eigenvalue weighted by Gasteiger charge is -2.21. The van der Waals surface area contributed by atoms with Crippen LogP contribution in [0.15, 0.2) is 24.5 Å². The molecule has 1 aliphatic heterocycles. The number of nitrogens with zero attached hydrogens (tertiary/aromatic N) is 2. The van der Waals surface area contributed by atoms with Crippen molar-refractivity contribution in [1.82, 2.24) is 9.38 Å². The number of pyridine rings is 1. The summed E-state index contributed by atoms with van der Waals surface area (Å²) in [5.74, 6) is -0.336. The maximum Gasteiger partial charge on any atom is 0.335 e. The lowest BCUT2D eigenvalue weighted by molar-refractivity contribution is 0.0697. The molecule has 1 atom stereocenters. The molecule has 2 aromatic rings. The largest absolute Gasteiger partial charge is 0.478 e. The van der Waals surface area contributed by atoms with Gasteiger partial charge in [0.25, 0.3) is 0 Å². The topological polar surface area (TPSA) is 88.7 Å². The third-order valence-corrected chi connectivity index (χ3v) is 5.85. The van der Waals surface area contributed by atoms with E-state index < -0.39 is 21.1 Å². The van der Waals surface area contributed by atoms with E-state index in [4.69, 9.17) is 5.11 Å². The molecule has 3 rings (SSSR count). The van der Waals surface area contributed by atoms with Crippen molar-refractivity contribution in [1.29, 1.82) is 0 Å². The normalized spacial score (nSPS) is 21.9. The Morgan fingerprint density at radius 1 is 1.40 bits per heavy atom. The molecule has 106 valence electrons. The van der Waals surface area contributed by atoms with E-state index in [0.29, 0.717) is 24.2 Å². The first kappa shape index (κ1) is 13.1. The number of carboxylic acid groups (broad SMARTS) is 1. The Morgan fingerprint density at radius 3 is 2.90 bits per heavy atom. The van der Waals surface area contributed by atoms with E-state index in [2.05, 4.69) is 4.98 Å². The van der Waals surface area contributed by atoms with Gasteiger partial charge in [0.05, 0.1) is 23.0 Å². The molecule has 0 aromatic carbocycles. The van der Waals surface area contributed by atoms with Crippen molar-refractivity contribution in [3.8, 4) is 0 Å². The van der Waals surface area contributed by atoms with E-state index in [1.165, 1.54) is 18.3 Å². The number of sulfone groups is 1. The molecule has 1 N–H and O–H groups in total. The van der Waals surface area contributed by atoms with Crippen LogP contribution in [0.1, 0.15) is 40.7 Å². The highest BCUT2D eigenvalue weighted by atomic mass is 32.2. The lowest BCUT2D eigenvalue weighted by Crippen LogP contribution is -2.23. The molecule has 0 saturated carbocycles. The Labute approximate surface area is 116 Å². The first-order valence-electron chi connectivity index (χ1n) is 6.41. The summed E-state index contributed by atoms with van der Waals surface area (Å²) in [5, 5.41) is 8.37. The summed E-state index contributed by atoms with van der Waals surface area (Å²) in [4.78, 5) is 15.1. The zero-order valence-corrected chi connectivity index (χ0v) is 11.5. The third-order valence-electron chi connectivity index (χ3n) is 3.67. The third kappa shape index (κ3) is 2.07. The van der Waals surface area contributed by atoms with E-state index in [1.807, 2.05) is 0 Å². The van der Waals surface area contributed by atoms with Gasteiger partial charge in [-0.2, -0.15) is 0 Å². The van der Waals surface area contributed by atoms with Gasteiger partial charge in [0, 0.05) is 6.20 Å². The van der Waals surface area contributed by atoms with Crippen LogP contribution in [0.4, 0.5) is 0 Å². The molecule has 7 heteroatoms. The minimum Gasteiger partial charge on any atom is -0.478 e. The Kier molecular flexibility index (Phi) is 3.01. The molecule has 0 radical (unpaired) electrons. The molecule has 1 aliphatic rings. The molecule has 0 spiro atoms. The van der Waals surface area contributed by atoms with Gasteiger partial charge in [-0.05, 0) is 25.0 Å². The van der Waals surface area contributed by atoms with Crippen LogP contribution in [-0.4, -0.2) is 34.6 Å². The van der Waals surface area contributed by atoms with E-state index >= 15 is 0 Å². The second-order valence-corrected chi connectivity index (χ2v) is 7.29. The zero-order chi connectivity index (χ0) is 14.3. The van der Waals surface area contributed by atoms with E-state index in [0.717, 1.165) is 6.42 Å². The van der Waals surface area contributed by atoms with Gasteiger partial charge in [-0.25, -0.2) is 18.2 Å². The number of aromatic nitrogens is 2. The van der Waals surface area contributed by atoms with Crippen molar-refractivity contribution < 1.29 is 18.3 Å². The highest BCUT2D eigenvalue weighted by Gasteiger charge is 2.33. The van der Waals surface area contributed by atoms with Crippen LogP contribution in [-0.2, 0) is 9.84 Å². The standard InChI is InChI=1S/C13H14N2O4S/c16-13(17)9-4-5-15-10(7-9)8-14-12(15)11-3-1-2-6-20(11,18)19/h4-5,7-8,11H,1-3,6H2,(H,16,17). The van der Waals surface area contributed by atoms with Gasteiger partial charge in [0.2, 0.25) is 0 Å². The fourth-order valence-electron chi connectivity index (χ4n) is 2.64. The van der Waals surface area contributed by atoms with Crippen LogP contribution < -0.4 is 0 Å². The van der Waals surface area contributed by atoms with Crippen molar-refractivity contribution in [2.24, 2.45) is 0 Å². The highest BCUT2D eigenvalue weighted by Crippen LogP contribution is 2.32. The quantitative estimate of drug-likeness (QED) is 0.910. The average Bonchev–Trinajstić information content (AvgIpc) is 2.81. The molecule has 0 amide bonds. The number of fused-ring (bicyclic) bond motifs is 1. The van der Waals surface area contributed by atoms with Crippen LogP contribution in [0.3, 0.4) is 0 Å². The Bertz CT molecular complexity index is 779. The smallest absolute Gasteiger partial charge is 0.335 e. The number of hydrogen-bond acceptors (Lipinski definition) is 4. The predicted molar refractivity (Wildman–Crippen MR) is 72.5 cm³/mol. The van der Waals surface area contributed by atoms with Crippen LogP contribution in [0.25, 0.3) is 5.52 Å². The Balaban J connectivity index is 2.11. The summed E-state index contributed by atoms with van der Waals surface area (Å²) in [7, 11) is -3.16. The number of carboxylic acids is 1. The Hall–Kier alpha value is -1.89. The molecular formula is C13H14N2O4S. The molecule has 1 unspecified atom stereocenters. The van der Waals surface area contributed by atoms with Crippen molar-refractivity contribution in [2.75, 3.05) is 5.75 Å². The fraction of sp³-hybridized carbons (Fsp3) is 0.385. The first-order valence-corrected chi connectivity index (χ1v) is 8.12. The van der Waals surface area contributed by atoms with Crippen LogP contribution in [0.2, 0.25) is 0 Å². The SMILES string of the molecule is O=C(O)c1ccn2c(C3CCCCS3(=O)=O)ncc2c1. The van der Waals surface area contributed by atoms with Gasteiger partial charge < -0.3 is 9.51 Å². The number of aromatic carboxylic acids is 1. The maximum absolute atomic E-state index is 12.2. The van der Waals surface area contributed by atoms with Crippen molar-refractivity contribution in [3.63, 3.8) is 0 Å². The van der Waals surface area contributed by atoms with Gasteiger partial charge in [-0.1, -0.05) is 6.42 Å². The first-order chi connectivity index (χ1) is 9.49. The summed E-state index contributed by atoms with van der Waals surface area (Å²) in [6.07, 6.45) is 5.23. The Morgan fingerprint density at radius 2 is 2.20 bits per heavy atom. The van der Waals surface area contributed by atoms with Gasteiger partial charge >= 0.3 is 5.97 Å². The second kappa shape index (κ2) is 4.59. The molecule has 1 saturated heterocycles. The monoisotopic (exact) mass is 294 g/mol. The molecule has 6 nitrogen and oxygen atoms in total. The summed E-state index contributed by atoms with van der Waals surface area (Å²) in [6, 6.07) is 2.95. The summed E-state index contributed by atoms with van der Waals surface area (Å²) >= 11 is 0. The maximum atomic E-state index is 12.2. The van der Waals surface area contributed by atoms with Crippen LogP contribution in [0, 0.1) is 0 Å². The highest BCUT2D eigenvalue weighted by molar-refractivity contribution is 7.91. The minimum absolute atomic E-state index is 0.162. The second-order valence-electron chi connectivity index (χ2n) is 4.98.